The van der Waals surface area contributed by atoms with Gasteiger partial charge in [-0.1, -0.05) is 80.1 Å². The molecule has 1 aliphatic rings. The van der Waals surface area contributed by atoms with Gasteiger partial charge >= 0.3 is 0 Å². The number of unbranched alkanes of at least 4 members (excludes halogenated alkanes) is 6. The lowest BCUT2D eigenvalue weighted by atomic mass is 10.2. The molecule has 0 heterocycles. The second-order valence-corrected chi connectivity index (χ2v) is 9.30. The SMILES string of the molecule is CCCCN(CCCC)C1=C(N(CCCC)CCCC)C1N(CCCC)CCCC. The van der Waals surface area contributed by atoms with Crippen molar-refractivity contribution in [1.82, 2.24) is 14.7 Å². The van der Waals surface area contributed by atoms with E-state index < -0.39 is 0 Å². The Balaban J connectivity index is 3.13. The smallest absolute Gasteiger partial charge is 0.0939 e. The summed E-state index contributed by atoms with van der Waals surface area (Å²) in [7, 11) is 0. The Morgan fingerprint density at radius 1 is 0.433 bits per heavy atom. The van der Waals surface area contributed by atoms with E-state index in [4.69, 9.17) is 0 Å². The molecule has 3 nitrogen and oxygen atoms in total. The van der Waals surface area contributed by atoms with Gasteiger partial charge in [0.2, 0.25) is 0 Å². The summed E-state index contributed by atoms with van der Waals surface area (Å²) in [6.45, 7) is 21.5. The zero-order chi connectivity index (χ0) is 22.2. The topological polar surface area (TPSA) is 9.72 Å². The van der Waals surface area contributed by atoms with Crippen LogP contribution in [0.2, 0.25) is 0 Å². The summed E-state index contributed by atoms with van der Waals surface area (Å²) in [5.41, 5.74) is 3.41. The minimum absolute atomic E-state index is 0.602. The molecule has 30 heavy (non-hydrogen) atoms. The molecule has 0 bridgehead atoms. The van der Waals surface area contributed by atoms with Crippen molar-refractivity contribution in [3.8, 4) is 0 Å². The second-order valence-electron chi connectivity index (χ2n) is 9.30. The highest BCUT2D eigenvalue weighted by Crippen LogP contribution is 2.42. The molecule has 0 saturated heterocycles. The normalized spacial score (nSPS) is 14.1. The fraction of sp³-hybridized carbons (Fsp3) is 0.926. The summed E-state index contributed by atoms with van der Waals surface area (Å²) in [6, 6.07) is 0.602. The van der Waals surface area contributed by atoms with Crippen LogP contribution >= 0.6 is 0 Å². The summed E-state index contributed by atoms with van der Waals surface area (Å²) in [6.07, 6.45) is 15.7. The van der Waals surface area contributed by atoms with Crippen molar-refractivity contribution in [1.29, 1.82) is 0 Å². The molecule has 0 radical (unpaired) electrons. The van der Waals surface area contributed by atoms with Gasteiger partial charge in [0.1, 0.15) is 0 Å². The van der Waals surface area contributed by atoms with Crippen molar-refractivity contribution in [2.24, 2.45) is 0 Å². The molecule has 0 aromatic carbocycles. The van der Waals surface area contributed by atoms with Gasteiger partial charge < -0.3 is 9.80 Å². The van der Waals surface area contributed by atoms with Crippen LogP contribution in [0.15, 0.2) is 11.4 Å². The van der Waals surface area contributed by atoms with Crippen molar-refractivity contribution in [3.05, 3.63) is 11.4 Å². The lowest BCUT2D eigenvalue weighted by Gasteiger charge is -2.29. The summed E-state index contributed by atoms with van der Waals surface area (Å²) < 4.78 is 0. The Hall–Kier alpha value is -0.700. The first-order valence-corrected chi connectivity index (χ1v) is 13.7. The standard InChI is InChI=1S/C27H55N3/c1-7-13-19-28(20-14-8-2)25-26(29(21-15-9-3)22-16-10-4)27(25)30(23-17-11-5)24-18-12-6/h25H,7-24H2,1-6H3. The maximum atomic E-state index is 2.84. The summed E-state index contributed by atoms with van der Waals surface area (Å²) in [5, 5.41) is 0. The molecule has 0 saturated carbocycles. The Morgan fingerprint density at radius 3 is 0.967 bits per heavy atom. The maximum Gasteiger partial charge on any atom is 0.0939 e. The van der Waals surface area contributed by atoms with Gasteiger partial charge in [-0.3, -0.25) is 4.90 Å². The van der Waals surface area contributed by atoms with E-state index in [1.54, 1.807) is 11.4 Å². The molecule has 0 aliphatic heterocycles. The quantitative estimate of drug-likeness (QED) is 0.193. The van der Waals surface area contributed by atoms with Crippen molar-refractivity contribution in [2.75, 3.05) is 39.3 Å². The van der Waals surface area contributed by atoms with E-state index in [2.05, 4.69) is 56.2 Å². The molecule has 0 unspecified atom stereocenters. The van der Waals surface area contributed by atoms with Gasteiger partial charge in [-0.15, -0.1) is 0 Å². The summed E-state index contributed by atoms with van der Waals surface area (Å²) >= 11 is 0. The molecule has 0 N–H and O–H groups in total. The number of hydrogen-bond acceptors (Lipinski definition) is 3. The molecule has 0 aromatic rings. The third kappa shape index (κ3) is 9.20. The predicted octanol–water partition coefficient (Wildman–Crippen LogP) is 7.29. The third-order valence-corrected chi connectivity index (χ3v) is 6.47. The Labute approximate surface area is 190 Å². The monoisotopic (exact) mass is 421 g/mol. The van der Waals surface area contributed by atoms with Crippen LogP contribution in [0.1, 0.15) is 119 Å². The molecule has 0 amide bonds. The van der Waals surface area contributed by atoms with E-state index in [0.717, 1.165) is 0 Å². The van der Waals surface area contributed by atoms with E-state index in [1.807, 2.05) is 0 Å². The maximum absolute atomic E-state index is 2.84. The van der Waals surface area contributed by atoms with Crippen LogP contribution in [-0.2, 0) is 0 Å². The molecular formula is C27H55N3. The first-order valence-electron chi connectivity index (χ1n) is 13.7. The molecule has 0 spiro atoms. The highest BCUT2D eigenvalue weighted by Gasteiger charge is 2.46. The Bertz CT molecular complexity index is 391. The van der Waals surface area contributed by atoms with Crippen molar-refractivity contribution in [2.45, 2.75) is 125 Å². The lowest BCUT2D eigenvalue weighted by Crippen LogP contribution is -2.36. The molecule has 1 aliphatic carbocycles. The van der Waals surface area contributed by atoms with E-state index in [9.17, 15) is 0 Å². The highest BCUT2D eigenvalue weighted by molar-refractivity contribution is 5.45. The van der Waals surface area contributed by atoms with Gasteiger partial charge in [-0.25, -0.2) is 0 Å². The number of rotatable bonds is 21. The van der Waals surface area contributed by atoms with Crippen molar-refractivity contribution in [3.63, 3.8) is 0 Å². The molecule has 178 valence electrons. The van der Waals surface area contributed by atoms with Crippen molar-refractivity contribution < 1.29 is 0 Å². The molecule has 0 fully saturated rings. The van der Waals surface area contributed by atoms with Gasteiger partial charge in [-0.2, -0.15) is 0 Å². The molecule has 3 heteroatoms. The van der Waals surface area contributed by atoms with Gasteiger partial charge in [0.25, 0.3) is 0 Å². The number of hydrogen-bond donors (Lipinski definition) is 0. The fourth-order valence-corrected chi connectivity index (χ4v) is 4.40. The van der Waals surface area contributed by atoms with Gasteiger partial charge in [0.15, 0.2) is 0 Å². The van der Waals surface area contributed by atoms with Crippen LogP contribution in [0.5, 0.6) is 0 Å². The van der Waals surface area contributed by atoms with Gasteiger partial charge in [0, 0.05) is 26.2 Å². The van der Waals surface area contributed by atoms with Crippen molar-refractivity contribution >= 4 is 0 Å². The van der Waals surface area contributed by atoms with Crippen LogP contribution in [0.3, 0.4) is 0 Å². The largest absolute Gasteiger partial charge is 0.372 e. The highest BCUT2D eigenvalue weighted by atomic mass is 15.3. The Morgan fingerprint density at radius 2 is 0.700 bits per heavy atom. The first kappa shape index (κ1) is 27.3. The van der Waals surface area contributed by atoms with Crippen LogP contribution in [-0.4, -0.2) is 60.0 Å². The van der Waals surface area contributed by atoms with E-state index >= 15 is 0 Å². The predicted molar refractivity (Wildman–Crippen MR) is 135 cm³/mol. The summed E-state index contributed by atoms with van der Waals surface area (Å²) in [5.74, 6) is 0. The minimum atomic E-state index is 0.602. The van der Waals surface area contributed by atoms with Crippen LogP contribution in [0.4, 0.5) is 0 Å². The average molecular weight is 422 g/mol. The molecular weight excluding hydrogens is 366 g/mol. The zero-order valence-corrected chi connectivity index (χ0v) is 21.6. The van der Waals surface area contributed by atoms with Crippen LogP contribution < -0.4 is 0 Å². The van der Waals surface area contributed by atoms with Gasteiger partial charge in [-0.05, 0) is 51.6 Å². The second kappa shape index (κ2) is 16.9. The fourth-order valence-electron chi connectivity index (χ4n) is 4.40. The van der Waals surface area contributed by atoms with Gasteiger partial charge in [0.05, 0.1) is 17.4 Å². The summed E-state index contributed by atoms with van der Waals surface area (Å²) in [4.78, 5) is 8.43. The number of nitrogens with zero attached hydrogens (tertiary/aromatic N) is 3. The molecule has 0 atom stereocenters. The van der Waals surface area contributed by atoms with E-state index in [0.29, 0.717) is 6.04 Å². The minimum Gasteiger partial charge on any atom is -0.372 e. The average Bonchev–Trinajstić information content (AvgIpc) is 3.49. The van der Waals surface area contributed by atoms with E-state index in [1.165, 1.54) is 116 Å². The molecule has 1 rings (SSSR count). The Kier molecular flexibility index (Phi) is 15.4. The molecule has 0 aromatic heterocycles. The van der Waals surface area contributed by atoms with E-state index in [-0.39, 0.29) is 0 Å². The first-order chi connectivity index (χ1) is 14.7. The van der Waals surface area contributed by atoms with Crippen LogP contribution in [0.25, 0.3) is 0 Å². The zero-order valence-electron chi connectivity index (χ0n) is 21.6. The lowest BCUT2D eigenvalue weighted by molar-refractivity contribution is 0.218. The third-order valence-electron chi connectivity index (χ3n) is 6.47. The van der Waals surface area contributed by atoms with Crippen LogP contribution in [0, 0.1) is 0 Å².